The van der Waals surface area contributed by atoms with Crippen molar-refractivity contribution in [1.29, 1.82) is 0 Å². The number of rotatable bonds is 5. The molecule has 0 radical (unpaired) electrons. The molecule has 5 nitrogen and oxygen atoms in total. The predicted octanol–water partition coefficient (Wildman–Crippen LogP) is 5.03. The summed E-state index contributed by atoms with van der Waals surface area (Å²) in [5, 5.41) is 6.28. The summed E-state index contributed by atoms with van der Waals surface area (Å²) in [6.45, 7) is 0. The molecule has 1 heterocycles. The highest BCUT2D eigenvalue weighted by Crippen LogP contribution is 2.38. The highest BCUT2D eigenvalue weighted by molar-refractivity contribution is 7.17. The van der Waals surface area contributed by atoms with Gasteiger partial charge >= 0.3 is 0 Å². The normalized spacial score (nSPS) is 12.7. The lowest BCUT2D eigenvalue weighted by Crippen LogP contribution is -2.22. The van der Waals surface area contributed by atoms with E-state index in [0.29, 0.717) is 21.9 Å². The third kappa shape index (κ3) is 4.17. The fourth-order valence-electron chi connectivity index (χ4n) is 3.49. The minimum atomic E-state index is -0.236. The molecule has 1 aliphatic carbocycles. The zero-order chi connectivity index (χ0) is 20.2. The second-order valence-corrected chi connectivity index (χ2v) is 7.99. The van der Waals surface area contributed by atoms with Crippen LogP contribution in [0.2, 0.25) is 0 Å². The molecule has 1 aliphatic rings. The second-order valence-electron chi connectivity index (χ2n) is 6.89. The zero-order valence-corrected chi connectivity index (χ0v) is 17.0. The van der Waals surface area contributed by atoms with Crippen LogP contribution in [0.25, 0.3) is 0 Å². The minimum Gasteiger partial charge on any atom is -0.457 e. The monoisotopic (exact) mass is 406 g/mol. The molecule has 4 rings (SSSR count). The SMILES string of the molecule is CNC(=O)c1c(NC(=O)c2ccc(Oc3ccccc3)cc2)sc2c1CCCC2. The number of aryl methyl sites for hydroxylation is 1. The first-order valence-electron chi connectivity index (χ1n) is 9.66. The summed E-state index contributed by atoms with van der Waals surface area (Å²) >= 11 is 1.52. The Hall–Kier alpha value is -3.12. The Labute approximate surface area is 173 Å². The van der Waals surface area contributed by atoms with E-state index in [4.69, 9.17) is 4.74 Å². The largest absolute Gasteiger partial charge is 0.457 e. The maximum absolute atomic E-state index is 12.8. The molecule has 2 aromatic carbocycles. The van der Waals surface area contributed by atoms with Gasteiger partial charge in [-0.05, 0) is 67.6 Å². The Balaban J connectivity index is 1.52. The number of thiophene rings is 1. The number of benzene rings is 2. The van der Waals surface area contributed by atoms with Gasteiger partial charge < -0.3 is 15.4 Å². The summed E-state index contributed by atoms with van der Waals surface area (Å²) in [5.74, 6) is 1.01. The molecule has 29 heavy (non-hydrogen) atoms. The molecule has 2 N–H and O–H groups in total. The molecule has 0 spiro atoms. The van der Waals surface area contributed by atoms with Gasteiger partial charge in [-0.25, -0.2) is 0 Å². The first kappa shape index (κ1) is 19.2. The van der Waals surface area contributed by atoms with E-state index >= 15 is 0 Å². The molecular weight excluding hydrogens is 384 g/mol. The molecule has 0 saturated carbocycles. The van der Waals surface area contributed by atoms with E-state index in [2.05, 4.69) is 10.6 Å². The number of anilines is 1. The molecule has 3 aromatic rings. The average molecular weight is 407 g/mol. The molecule has 0 atom stereocenters. The summed E-state index contributed by atoms with van der Waals surface area (Å²) in [5.41, 5.74) is 2.21. The molecule has 0 aliphatic heterocycles. The molecule has 0 fully saturated rings. The van der Waals surface area contributed by atoms with Crippen LogP contribution in [0.3, 0.4) is 0 Å². The van der Waals surface area contributed by atoms with Gasteiger partial charge in [-0.2, -0.15) is 0 Å². The minimum absolute atomic E-state index is 0.147. The molecular formula is C23H22N2O3S. The van der Waals surface area contributed by atoms with Gasteiger partial charge in [0.2, 0.25) is 0 Å². The van der Waals surface area contributed by atoms with Crippen molar-refractivity contribution in [2.75, 3.05) is 12.4 Å². The lowest BCUT2D eigenvalue weighted by atomic mass is 9.95. The fourth-order valence-corrected chi connectivity index (χ4v) is 4.78. The van der Waals surface area contributed by atoms with Crippen LogP contribution in [-0.4, -0.2) is 18.9 Å². The summed E-state index contributed by atoms with van der Waals surface area (Å²) < 4.78 is 5.77. The molecule has 2 amide bonds. The van der Waals surface area contributed by atoms with Crippen LogP contribution in [0.1, 0.15) is 44.0 Å². The topological polar surface area (TPSA) is 67.4 Å². The van der Waals surface area contributed by atoms with E-state index in [1.807, 2.05) is 30.3 Å². The van der Waals surface area contributed by atoms with Crippen molar-refractivity contribution in [1.82, 2.24) is 5.32 Å². The Kier molecular flexibility index (Phi) is 5.62. The van der Waals surface area contributed by atoms with Crippen molar-refractivity contribution in [2.24, 2.45) is 0 Å². The van der Waals surface area contributed by atoms with Gasteiger partial charge in [0.1, 0.15) is 16.5 Å². The Morgan fingerprint density at radius 3 is 2.31 bits per heavy atom. The lowest BCUT2D eigenvalue weighted by molar-refractivity contribution is 0.0963. The molecule has 0 saturated heterocycles. The van der Waals surface area contributed by atoms with E-state index in [9.17, 15) is 9.59 Å². The van der Waals surface area contributed by atoms with E-state index in [1.54, 1.807) is 31.3 Å². The molecule has 6 heteroatoms. The maximum Gasteiger partial charge on any atom is 0.256 e. The number of fused-ring (bicyclic) bond motifs is 1. The van der Waals surface area contributed by atoms with Gasteiger partial charge in [-0.15, -0.1) is 11.3 Å². The second kappa shape index (κ2) is 8.49. The van der Waals surface area contributed by atoms with Gasteiger partial charge in [0.15, 0.2) is 0 Å². The summed E-state index contributed by atoms with van der Waals surface area (Å²) in [6.07, 6.45) is 4.04. The molecule has 0 bridgehead atoms. The van der Waals surface area contributed by atoms with Crippen molar-refractivity contribution in [3.8, 4) is 11.5 Å². The van der Waals surface area contributed by atoms with Gasteiger partial charge in [-0.3, -0.25) is 9.59 Å². The summed E-state index contributed by atoms with van der Waals surface area (Å²) in [7, 11) is 1.62. The number of nitrogens with one attached hydrogen (secondary N) is 2. The summed E-state index contributed by atoms with van der Waals surface area (Å²) in [6, 6.07) is 16.5. The van der Waals surface area contributed by atoms with Gasteiger partial charge in [0, 0.05) is 17.5 Å². The van der Waals surface area contributed by atoms with Crippen LogP contribution in [0.4, 0.5) is 5.00 Å². The maximum atomic E-state index is 12.8. The van der Waals surface area contributed by atoms with Crippen LogP contribution < -0.4 is 15.4 Å². The number of hydrogen-bond donors (Lipinski definition) is 2. The Morgan fingerprint density at radius 1 is 0.897 bits per heavy atom. The zero-order valence-electron chi connectivity index (χ0n) is 16.2. The fraction of sp³-hybridized carbons (Fsp3) is 0.217. The lowest BCUT2D eigenvalue weighted by Gasteiger charge is -2.12. The first-order valence-corrected chi connectivity index (χ1v) is 10.5. The van der Waals surface area contributed by atoms with Crippen molar-refractivity contribution in [3.05, 3.63) is 76.2 Å². The van der Waals surface area contributed by atoms with Crippen LogP contribution >= 0.6 is 11.3 Å². The van der Waals surface area contributed by atoms with Crippen LogP contribution in [-0.2, 0) is 12.8 Å². The average Bonchev–Trinajstić information content (AvgIpc) is 3.12. The van der Waals surface area contributed by atoms with Gasteiger partial charge in [0.05, 0.1) is 5.56 Å². The number of ether oxygens (including phenoxy) is 1. The number of amides is 2. The van der Waals surface area contributed by atoms with Crippen molar-refractivity contribution in [2.45, 2.75) is 25.7 Å². The van der Waals surface area contributed by atoms with E-state index in [-0.39, 0.29) is 11.8 Å². The molecule has 1 aromatic heterocycles. The van der Waals surface area contributed by atoms with Crippen LogP contribution in [0.5, 0.6) is 11.5 Å². The number of carbonyl (C=O) groups excluding carboxylic acids is 2. The van der Waals surface area contributed by atoms with Crippen molar-refractivity contribution < 1.29 is 14.3 Å². The van der Waals surface area contributed by atoms with E-state index < -0.39 is 0 Å². The van der Waals surface area contributed by atoms with E-state index in [0.717, 1.165) is 37.0 Å². The third-order valence-electron chi connectivity index (χ3n) is 4.95. The third-order valence-corrected chi connectivity index (χ3v) is 6.16. The number of para-hydroxylation sites is 1. The molecule has 148 valence electrons. The smallest absolute Gasteiger partial charge is 0.256 e. The molecule has 0 unspecified atom stereocenters. The van der Waals surface area contributed by atoms with Gasteiger partial charge in [0.25, 0.3) is 11.8 Å². The predicted molar refractivity (Wildman–Crippen MR) is 115 cm³/mol. The summed E-state index contributed by atoms with van der Waals surface area (Å²) in [4.78, 5) is 26.4. The highest BCUT2D eigenvalue weighted by Gasteiger charge is 2.26. The van der Waals surface area contributed by atoms with Crippen molar-refractivity contribution in [3.63, 3.8) is 0 Å². The number of carbonyl (C=O) groups is 2. The van der Waals surface area contributed by atoms with Crippen molar-refractivity contribution >= 4 is 28.2 Å². The Bertz CT molecular complexity index is 1030. The van der Waals surface area contributed by atoms with Crippen LogP contribution in [0, 0.1) is 0 Å². The first-order chi connectivity index (χ1) is 14.2. The van der Waals surface area contributed by atoms with Gasteiger partial charge in [-0.1, -0.05) is 18.2 Å². The van der Waals surface area contributed by atoms with E-state index in [1.165, 1.54) is 16.2 Å². The van der Waals surface area contributed by atoms with Crippen LogP contribution in [0.15, 0.2) is 54.6 Å². The number of hydrogen-bond acceptors (Lipinski definition) is 4. The highest BCUT2D eigenvalue weighted by atomic mass is 32.1. The standard InChI is InChI=1S/C23H22N2O3S/c1-24-22(27)20-18-9-5-6-10-19(18)29-23(20)25-21(26)15-11-13-17(14-12-15)28-16-7-3-2-4-8-16/h2-4,7-8,11-14H,5-6,9-10H2,1H3,(H,24,27)(H,25,26). The Morgan fingerprint density at radius 2 is 1.59 bits per heavy atom. The quantitative estimate of drug-likeness (QED) is 0.624.